The van der Waals surface area contributed by atoms with Crippen molar-refractivity contribution in [3.63, 3.8) is 0 Å². The maximum atomic E-state index is 14.3. The lowest BCUT2D eigenvalue weighted by Gasteiger charge is -2.25. The molecule has 0 saturated carbocycles. The van der Waals surface area contributed by atoms with Crippen LogP contribution in [0.3, 0.4) is 0 Å². The topological polar surface area (TPSA) is 67.2 Å². The fourth-order valence-electron chi connectivity index (χ4n) is 4.38. The maximum absolute atomic E-state index is 14.3. The number of amides is 2. The minimum Gasteiger partial charge on any atom is -0.352 e. The molecule has 0 fully saturated rings. The number of rotatable bonds is 5. The van der Waals surface area contributed by atoms with Crippen LogP contribution in [0.25, 0.3) is 5.69 Å². The van der Waals surface area contributed by atoms with Crippen LogP contribution < -0.4 is 10.2 Å². The number of carbonyl (C=O) groups is 2. The summed E-state index contributed by atoms with van der Waals surface area (Å²) >= 11 is 1.44. The van der Waals surface area contributed by atoms with Crippen molar-refractivity contribution in [1.29, 1.82) is 0 Å². The molecule has 2 aromatic carbocycles. The Morgan fingerprint density at radius 2 is 1.89 bits per heavy atom. The minimum absolute atomic E-state index is 0.0550. The highest BCUT2D eigenvalue weighted by atomic mass is 32.2. The quantitative estimate of drug-likeness (QED) is 0.507. The summed E-state index contributed by atoms with van der Waals surface area (Å²) in [6.45, 7) is 11.9. The van der Waals surface area contributed by atoms with Crippen molar-refractivity contribution >= 4 is 29.4 Å². The number of benzene rings is 2. The number of hydrogen-bond acceptors (Lipinski definition) is 4. The van der Waals surface area contributed by atoms with E-state index in [0.29, 0.717) is 5.82 Å². The molecule has 190 valence electrons. The van der Waals surface area contributed by atoms with Gasteiger partial charge in [-0.1, -0.05) is 50.6 Å². The third kappa shape index (κ3) is 5.33. The molecular formula is C28H33FN4O2S. The molecule has 2 heterocycles. The molecule has 4 rings (SSSR count). The highest BCUT2D eigenvalue weighted by Crippen LogP contribution is 2.48. The molecule has 0 aliphatic carbocycles. The number of hydrogen-bond donors (Lipinski definition) is 1. The minimum atomic E-state index is -0.370. The second kappa shape index (κ2) is 10.1. The predicted octanol–water partition coefficient (Wildman–Crippen LogP) is 5.31. The summed E-state index contributed by atoms with van der Waals surface area (Å²) < 4.78 is 16.1. The molecular weight excluding hydrogens is 475 g/mol. The van der Waals surface area contributed by atoms with Gasteiger partial charge in [0.05, 0.1) is 22.4 Å². The molecule has 3 aromatic rings. The van der Waals surface area contributed by atoms with Crippen LogP contribution in [0.15, 0.2) is 48.5 Å². The van der Waals surface area contributed by atoms with Gasteiger partial charge in [0.1, 0.15) is 18.2 Å². The number of carbonyl (C=O) groups excluding carboxylic acids is 2. The molecule has 1 unspecified atom stereocenters. The molecule has 1 aliphatic heterocycles. The highest BCUT2D eigenvalue weighted by Gasteiger charge is 2.40. The molecule has 1 aliphatic rings. The summed E-state index contributed by atoms with van der Waals surface area (Å²) in [4.78, 5) is 28.0. The lowest BCUT2D eigenvalue weighted by atomic mass is 9.87. The lowest BCUT2D eigenvalue weighted by Crippen LogP contribution is -2.44. The molecule has 6 nitrogen and oxygen atoms in total. The Labute approximate surface area is 216 Å². The molecule has 0 bridgehead atoms. The zero-order chi connectivity index (χ0) is 26.2. The van der Waals surface area contributed by atoms with E-state index in [-0.39, 0.29) is 46.6 Å². The molecule has 0 saturated heterocycles. The summed E-state index contributed by atoms with van der Waals surface area (Å²) in [5.74, 6) is -0.0451. The second-order valence-electron chi connectivity index (χ2n) is 10.5. The summed E-state index contributed by atoms with van der Waals surface area (Å²) in [5, 5.41) is 7.61. The predicted molar refractivity (Wildman–Crippen MR) is 143 cm³/mol. The first-order chi connectivity index (χ1) is 17.0. The van der Waals surface area contributed by atoms with Crippen LogP contribution in [0.1, 0.15) is 62.3 Å². The van der Waals surface area contributed by atoms with Crippen molar-refractivity contribution in [2.45, 2.75) is 58.2 Å². The number of fused-ring (bicyclic) bond motifs is 1. The maximum Gasteiger partial charge on any atom is 0.240 e. The van der Waals surface area contributed by atoms with Crippen LogP contribution >= 0.6 is 11.8 Å². The number of aryl methyl sites for hydroxylation is 1. The fraction of sp³-hybridized carbons (Fsp3) is 0.393. The van der Waals surface area contributed by atoms with Gasteiger partial charge in [-0.3, -0.25) is 14.5 Å². The Morgan fingerprint density at radius 1 is 1.19 bits per heavy atom. The molecule has 0 radical (unpaired) electrons. The molecule has 36 heavy (non-hydrogen) atoms. The second-order valence-corrected chi connectivity index (χ2v) is 11.6. The van der Waals surface area contributed by atoms with Crippen molar-refractivity contribution in [1.82, 2.24) is 15.1 Å². The van der Waals surface area contributed by atoms with E-state index in [0.717, 1.165) is 28.1 Å². The van der Waals surface area contributed by atoms with E-state index < -0.39 is 0 Å². The van der Waals surface area contributed by atoms with Gasteiger partial charge in [0, 0.05) is 17.0 Å². The first-order valence-corrected chi connectivity index (χ1v) is 13.2. The summed E-state index contributed by atoms with van der Waals surface area (Å²) in [6.07, 6.45) is 0. The van der Waals surface area contributed by atoms with Crippen LogP contribution in [0.4, 0.5) is 10.2 Å². The Kier molecular flexibility index (Phi) is 7.27. The van der Waals surface area contributed by atoms with Gasteiger partial charge in [0.15, 0.2) is 0 Å². The smallest absolute Gasteiger partial charge is 0.240 e. The number of aromatic nitrogens is 2. The van der Waals surface area contributed by atoms with E-state index in [4.69, 9.17) is 5.10 Å². The Bertz CT molecular complexity index is 1280. The number of halogens is 1. The summed E-state index contributed by atoms with van der Waals surface area (Å²) in [5.41, 5.74) is 3.93. The van der Waals surface area contributed by atoms with E-state index in [9.17, 15) is 14.0 Å². The Balaban J connectivity index is 2.01. The molecule has 2 amide bonds. The monoisotopic (exact) mass is 508 g/mol. The van der Waals surface area contributed by atoms with Crippen LogP contribution in [0, 0.1) is 12.7 Å². The van der Waals surface area contributed by atoms with Gasteiger partial charge in [0.25, 0.3) is 0 Å². The number of nitrogens with zero attached hydrogens (tertiary/aromatic N) is 3. The molecule has 0 spiro atoms. The van der Waals surface area contributed by atoms with E-state index in [2.05, 4.69) is 26.1 Å². The average Bonchev–Trinajstić information content (AvgIpc) is 3.12. The summed E-state index contributed by atoms with van der Waals surface area (Å²) in [6, 6.07) is 14.4. The average molecular weight is 509 g/mol. The van der Waals surface area contributed by atoms with Crippen LogP contribution in [-0.4, -0.2) is 39.9 Å². The SMILES string of the molecule is Cc1ccc(-n2nc(C(C)(C)C)c3c2N(CC(=O)NC(C)C)C(=O)CSC3c2cccc(F)c2)cc1. The van der Waals surface area contributed by atoms with Crippen LogP contribution in [0.2, 0.25) is 0 Å². The number of nitrogens with one attached hydrogen (secondary N) is 1. The molecule has 1 N–H and O–H groups in total. The van der Waals surface area contributed by atoms with Crippen LogP contribution in [-0.2, 0) is 15.0 Å². The van der Waals surface area contributed by atoms with Gasteiger partial charge in [0.2, 0.25) is 11.8 Å². The molecule has 1 atom stereocenters. The molecule has 1 aromatic heterocycles. The van der Waals surface area contributed by atoms with E-state index in [1.807, 2.05) is 51.1 Å². The molecule has 8 heteroatoms. The normalized spacial score (nSPS) is 16.2. The van der Waals surface area contributed by atoms with E-state index in [1.54, 1.807) is 15.6 Å². The van der Waals surface area contributed by atoms with E-state index in [1.165, 1.54) is 23.9 Å². The third-order valence-corrected chi connectivity index (χ3v) is 7.24. The zero-order valence-corrected chi connectivity index (χ0v) is 22.4. The van der Waals surface area contributed by atoms with Gasteiger partial charge in [-0.15, -0.1) is 11.8 Å². The Morgan fingerprint density at radius 3 is 2.50 bits per heavy atom. The first-order valence-electron chi connectivity index (χ1n) is 12.1. The van der Waals surface area contributed by atoms with Gasteiger partial charge < -0.3 is 5.32 Å². The number of thioether (sulfide) groups is 1. The first kappa shape index (κ1) is 25.9. The fourth-order valence-corrected chi connectivity index (χ4v) is 5.57. The largest absolute Gasteiger partial charge is 0.352 e. The number of anilines is 1. The lowest BCUT2D eigenvalue weighted by molar-refractivity contribution is -0.123. The van der Waals surface area contributed by atoms with Crippen molar-refractivity contribution in [3.8, 4) is 5.69 Å². The highest BCUT2D eigenvalue weighted by molar-refractivity contribution is 8.00. The van der Waals surface area contributed by atoms with Crippen molar-refractivity contribution in [3.05, 3.63) is 76.7 Å². The van der Waals surface area contributed by atoms with Crippen molar-refractivity contribution in [2.75, 3.05) is 17.2 Å². The zero-order valence-electron chi connectivity index (χ0n) is 21.6. The van der Waals surface area contributed by atoms with Gasteiger partial charge in [-0.2, -0.15) is 5.10 Å². The third-order valence-electron chi connectivity index (χ3n) is 5.98. The van der Waals surface area contributed by atoms with Gasteiger partial charge in [-0.05, 0) is 50.6 Å². The standard InChI is InChI=1S/C28H33FN4O2S/c1-17(2)30-22(34)15-32-23(35)16-36-25(19-8-7-9-20(29)14-19)24-26(28(4,5)6)31-33(27(24)32)21-12-10-18(3)11-13-21/h7-14,17,25H,15-16H2,1-6H3,(H,30,34). The van der Waals surface area contributed by atoms with Crippen molar-refractivity contribution in [2.24, 2.45) is 0 Å². The van der Waals surface area contributed by atoms with Crippen LogP contribution in [0.5, 0.6) is 0 Å². The Hall–Kier alpha value is -3.13. The van der Waals surface area contributed by atoms with Gasteiger partial charge in [-0.25, -0.2) is 9.07 Å². The summed E-state index contributed by atoms with van der Waals surface area (Å²) in [7, 11) is 0. The van der Waals surface area contributed by atoms with Gasteiger partial charge >= 0.3 is 0 Å². The van der Waals surface area contributed by atoms with Crippen molar-refractivity contribution < 1.29 is 14.0 Å². The van der Waals surface area contributed by atoms with E-state index >= 15 is 0 Å².